The molecule has 0 bridgehead atoms. The van der Waals surface area contributed by atoms with Crippen molar-refractivity contribution in [3.8, 4) is 0 Å². The molecule has 2 aromatic heterocycles. The first kappa shape index (κ1) is 9.79. The lowest BCUT2D eigenvalue weighted by molar-refractivity contribution is 0.102. The third kappa shape index (κ3) is 1.73. The molecule has 6 heteroatoms. The molecular formula is C9H7ClN4O. The summed E-state index contributed by atoms with van der Waals surface area (Å²) in [4.78, 5) is 19.6. The van der Waals surface area contributed by atoms with Crippen LogP contribution in [0.1, 0.15) is 16.2 Å². The number of rotatable bonds is 2. The summed E-state index contributed by atoms with van der Waals surface area (Å²) < 4.78 is 1.42. The summed E-state index contributed by atoms with van der Waals surface area (Å²) in [6.07, 6.45) is 5.77. The van der Waals surface area contributed by atoms with Crippen molar-refractivity contribution in [1.29, 1.82) is 0 Å². The topological polar surface area (TPSA) is 60.7 Å². The van der Waals surface area contributed by atoms with Crippen LogP contribution < -0.4 is 0 Å². The lowest BCUT2D eigenvalue weighted by Gasteiger charge is -2.00. The minimum Gasteiger partial charge on any atom is -0.285 e. The zero-order valence-electron chi connectivity index (χ0n) is 7.88. The van der Waals surface area contributed by atoms with Gasteiger partial charge in [-0.15, -0.1) is 0 Å². The molecule has 0 aromatic carbocycles. The first-order valence-electron chi connectivity index (χ1n) is 4.18. The van der Waals surface area contributed by atoms with Gasteiger partial charge in [-0.2, -0.15) is 5.10 Å². The van der Waals surface area contributed by atoms with Crippen LogP contribution in [-0.4, -0.2) is 25.5 Å². The molecule has 0 fully saturated rings. The van der Waals surface area contributed by atoms with E-state index in [2.05, 4.69) is 15.1 Å². The van der Waals surface area contributed by atoms with E-state index in [0.29, 0.717) is 10.7 Å². The van der Waals surface area contributed by atoms with Crippen LogP contribution in [0.3, 0.4) is 0 Å². The van der Waals surface area contributed by atoms with Crippen LogP contribution in [-0.2, 0) is 7.05 Å². The maximum atomic E-state index is 11.9. The maximum Gasteiger partial charge on any atom is 0.232 e. The fourth-order valence-corrected chi connectivity index (χ4v) is 1.46. The van der Waals surface area contributed by atoms with Crippen molar-refractivity contribution in [2.24, 2.45) is 7.05 Å². The normalized spacial score (nSPS) is 10.3. The zero-order chi connectivity index (χ0) is 10.8. The molecule has 15 heavy (non-hydrogen) atoms. The molecule has 2 aromatic rings. The Hall–Kier alpha value is -1.75. The van der Waals surface area contributed by atoms with Crippen LogP contribution in [0.4, 0.5) is 0 Å². The Bertz CT molecular complexity index is 475. The Morgan fingerprint density at radius 2 is 2.20 bits per heavy atom. The summed E-state index contributed by atoms with van der Waals surface area (Å²) in [6.45, 7) is 0. The van der Waals surface area contributed by atoms with Crippen LogP contribution in [0, 0.1) is 0 Å². The van der Waals surface area contributed by atoms with E-state index in [1.807, 2.05) is 0 Å². The van der Waals surface area contributed by atoms with E-state index in [4.69, 9.17) is 11.6 Å². The van der Waals surface area contributed by atoms with Crippen LogP contribution in [0.25, 0.3) is 0 Å². The number of carbonyl (C=O) groups is 1. The molecule has 0 saturated heterocycles. The fraction of sp³-hybridized carbons (Fsp3) is 0.111. The van der Waals surface area contributed by atoms with E-state index < -0.39 is 0 Å². The number of halogens is 1. The highest BCUT2D eigenvalue weighted by Crippen LogP contribution is 2.16. The van der Waals surface area contributed by atoms with Gasteiger partial charge in [-0.25, -0.2) is 4.98 Å². The molecule has 0 atom stereocenters. The average molecular weight is 223 g/mol. The van der Waals surface area contributed by atoms with Gasteiger partial charge >= 0.3 is 0 Å². The summed E-state index contributed by atoms with van der Waals surface area (Å²) in [6, 6.07) is 0. The number of hydrogen-bond donors (Lipinski definition) is 0. The molecule has 0 saturated carbocycles. The van der Waals surface area contributed by atoms with Gasteiger partial charge in [-0.3, -0.25) is 14.5 Å². The Balaban J connectivity index is 2.46. The third-order valence-electron chi connectivity index (χ3n) is 1.91. The molecular weight excluding hydrogens is 216 g/mol. The number of hydrogen-bond acceptors (Lipinski definition) is 4. The number of aromatic nitrogens is 4. The molecule has 0 spiro atoms. The molecule has 0 unspecified atom stereocenters. The van der Waals surface area contributed by atoms with E-state index in [-0.39, 0.29) is 11.5 Å². The van der Waals surface area contributed by atoms with E-state index in [0.717, 1.165) is 0 Å². The van der Waals surface area contributed by atoms with Crippen LogP contribution in [0.2, 0.25) is 5.02 Å². The molecule has 0 aliphatic carbocycles. The van der Waals surface area contributed by atoms with Gasteiger partial charge < -0.3 is 0 Å². The largest absolute Gasteiger partial charge is 0.285 e. The average Bonchev–Trinajstić information content (AvgIpc) is 2.59. The lowest BCUT2D eigenvalue weighted by atomic mass is 10.2. The van der Waals surface area contributed by atoms with Gasteiger partial charge in [-0.1, -0.05) is 11.6 Å². The Labute approximate surface area is 90.7 Å². The number of carbonyl (C=O) groups excluding carboxylic acids is 1. The third-order valence-corrected chi connectivity index (χ3v) is 2.18. The quantitative estimate of drug-likeness (QED) is 0.714. The summed E-state index contributed by atoms with van der Waals surface area (Å²) >= 11 is 5.84. The van der Waals surface area contributed by atoms with Crippen molar-refractivity contribution in [2.75, 3.05) is 0 Å². The van der Waals surface area contributed by atoms with Crippen LogP contribution in [0.15, 0.2) is 24.8 Å². The smallest absolute Gasteiger partial charge is 0.232 e. The van der Waals surface area contributed by atoms with Gasteiger partial charge in [0.15, 0.2) is 0 Å². The van der Waals surface area contributed by atoms with Gasteiger partial charge in [0.05, 0.1) is 17.4 Å². The van der Waals surface area contributed by atoms with E-state index in [1.165, 1.54) is 29.5 Å². The van der Waals surface area contributed by atoms with Gasteiger partial charge in [0.1, 0.15) is 11.4 Å². The number of aryl methyl sites for hydroxylation is 1. The minimum absolute atomic E-state index is 0.253. The van der Waals surface area contributed by atoms with E-state index in [9.17, 15) is 4.79 Å². The van der Waals surface area contributed by atoms with Crippen molar-refractivity contribution in [2.45, 2.75) is 0 Å². The SMILES string of the molecule is Cn1ncc(Cl)c1C(=O)c1cnccn1. The molecule has 0 N–H and O–H groups in total. The highest BCUT2D eigenvalue weighted by Gasteiger charge is 2.18. The van der Waals surface area contributed by atoms with Gasteiger partial charge in [0.25, 0.3) is 0 Å². The van der Waals surface area contributed by atoms with Gasteiger partial charge in [0.2, 0.25) is 5.78 Å². The van der Waals surface area contributed by atoms with Crippen molar-refractivity contribution in [3.05, 3.63) is 41.2 Å². The second-order valence-electron chi connectivity index (χ2n) is 2.88. The zero-order valence-corrected chi connectivity index (χ0v) is 8.64. The van der Waals surface area contributed by atoms with Crippen LogP contribution >= 0.6 is 11.6 Å². The monoisotopic (exact) mass is 222 g/mol. The molecule has 5 nitrogen and oxygen atoms in total. The predicted molar refractivity (Wildman–Crippen MR) is 53.7 cm³/mol. The second-order valence-corrected chi connectivity index (χ2v) is 3.29. The summed E-state index contributed by atoms with van der Waals surface area (Å²) in [5.41, 5.74) is 0.570. The highest BCUT2D eigenvalue weighted by molar-refractivity contribution is 6.34. The van der Waals surface area contributed by atoms with E-state index in [1.54, 1.807) is 7.05 Å². The van der Waals surface area contributed by atoms with Crippen molar-refractivity contribution < 1.29 is 4.79 Å². The van der Waals surface area contributed by atoms with Crippen molar-refractivity contribution in [1.82, 2.24) is 19.7 Å². The molecule has 76 valence electrons. The second kappa shape index (κ2) is 3.78. The molecule has 2 rings (SSSR count). The maximum absolute atomic E-state index is 11.9. The Kier molecular flexibility index (Phi) is 2.47. The Morgan fingerprint density at radius 1 is 1.40 bits per heavy atom. The first-order chi connectivity index (χ1) is 7.20. The number of nitrogens with zero attached hydrogens (tertiary/aromatic N) is 4. The molecule has 0 aliphatic rings. The van der Waals surface area contributed by atoms with Gasteiger partial charge in [-0.05, 0) is 0 Å². The van der Waals surface area contributed by atoms with Crippen molar-refractivity contribution in [3.63, 3.8) is 0 Å². The molecule has 0 aliphatic heterocycles. The predicted octanol–water partition coefficient (Wildman–Crippen LogP) is 1.09. The first-order valence-corrected chi connectivity index (χ1v) is 4.56. The van der Waals surface area contributed by atoms with Crippen LogP contribution in [0.5, 0.6) is 0 Å². The number of ketones is 1. The minimum atomic E-state index is -0.284. The van der Waals surface area contributed by atoms with E-state index >= 15 is 0 Å². The fourth-order valence-electron chi connectivity index (χ4n) is 1.20. The van der Waals surface area contributed by atoms with Gasteiger partial charge in [0, 0.05) is 19.4 Å². The molecule has 0 radical (unpaired) electrons. The lowest BCUT2D eigenvalue weighted by Crippen LogP contribution is -2.10. The summed E-state index contributed by atoms with van der Waals surface area (Å²) in [5, 5.41) is 4.19. The Morgan fingerprint density at radius 3 is 2.73 bits per heavy atom. The summed E-state index contributed by atoms with van der Waals surface area (Å²) in [7, 11) is 1.65. The molecule has 0 amide bonds. The van der Waals surface area contributed by atoms with Crippen molar-refractivity contribution >= 4 is 17.4 Å². The highest BCUT2D eigenvalue weighted by atomic mass is 35.5. The standard InChI is InChI=1S/C9H7ClN4O/c1-14-8(6(10)4-13-14)9(15)7-5-11-2-3-12-7/h2-5H,1H3. The molecule has 2 heterocycles. The summed E-state index contributed by atoms with van der Waals surface area (Å²) in [5.74, 6) is -0.284.